The highest BCUT2D eigenvalue weighted by atomic mass is 16.3. The second-order valence-corrected chi connectivity index (χ2v) is 6.11. The number of nitrogens with zero attached hydrogens (tertiary/aromatic N) is 1. The summed E-state index contributed by atoms with van der Waals surface area (Å²) >= 11 is 0. The van der Waals surface area contributed by atoms with E-state index in [1.165, 1.54) is 37.5 Å². The van der Waals surface area contributed by atoms with Crippen molar-refractivity contribution in [2.24, 2.45) is 5.73 Å². The Morgan fingerprint density at radius 3 is 2.95 bits per heavy atom. The summed E-state index contributed by atoms with van der Waals surface area (Å²) < 4.78 is 6.08. The molecule has 1 aliphatic heterocycles. The Labute approximate surface area is 127 Å². The number of fused-ring (bicyclic) bond motifs is 1. The molecule has 3 heteroatoms. The van der Waals surface area contributed by atoms with Gasteiger partial charge in [0.15, 0.2) is 0 Å². The molecule has 2 atom stereocenters. The van der Waals surface area contributed by atoms with E-state index in [-0.39, 0.29) is 6.04 Å². The fourth-order valence-corrected chi connectivity index (χ4v) is 3.66. The van der Waals surface area contributed by atoms with Gasteiger partial charge < -0.3 is 10.2 Å². The number of piperidine rings is 1. The summed E-state index contributed by atoms with van der Waals surface area (Å²) in [5.74, 6) is 1.03. The summed E-state index contributed by atoms with van der Waals surface area (Å²) in [6.45, 7) is 4.04. The van der Waals surface area contributed by atoms with Gasteiger partial charge in [0.05, 0.1) is 6.04 Å². The van der Waals surface area contributed by atoms with Gasteiger partial charge in [-0.2, -0.15) is 0 Å². The first-order chi connectivity index (χ1) is 10.3. The molecule has 0 bridgehead atoms. The van der Waals surface area contributed by atoms with Gasteiger partial charge in [-0.25, -0.2) is 0 Å². The van der Waals surface area contributed by atoms with Gasteiger partial charge in [0.25, 0.3) is 0 Å². The van der Waals surface area contributed by atoms with Crippen molar-refractivity contribution in [3.63, 3.8) is 0 Å². The largest absolute Gasteiger partial charge is 0.459 e. The Balaban J connectivity index is 1.88. The molecular formula is C18H26N2O. The van der Waals surface area contributed by atoms with Gasteiger partial charge >= 0.3 is 0 Å². The van der Waals surface area contributed by atoms with Gasteiger partial charge in [-0.1, -0.05) is 38.0 Å². The summed E-state index contributed by atoms with van der Waals surface area (Å²) in [6.07, 6.45) is 6.41. The predicted molar refractivity (Wildman–Crippen MR) is 87.3 cm³/mol. The van der Waals surface area contributed by atoms with Crippen LogP contribution in [0.2, 0.25) is 0 Å². The molecule has 1 fully saturated rings. The van der Waals surface area contributed by atoms with Crippen molar-refractivity contribution in [3.8, 4) is 0 Å². The normalized spacial score (nSPS) is 21.7. The smallest absolute Gasteiger partial charge is 0.134 e. The van der Waals surface area contributed by atoms with Crippen molar-refractivity contribution >= 4 is 11.0 Å². The number of furan rings is 1. The highest BCUT2D eigenvalue weighted by molar-refractivity contribution is 5.77. The molecular weight excluding hydrogens is 260 g/mol. The second-order valence-electron chi connectivity index (χ2n) is 6.11. The van der Waals surface area contributed by atoms with E-state index in [1.54, 1.807) is 0 Å². The van der Waals surface area contributed by atoms with Crippen LogP contribution in [0.5, 0.6) is 0 Å². The average Bonchev–Trinajstić information content (AvgIpc) is 2.93. The van der Waals surface area contributed by atoms with Crippen molar-refractivity contribution in [1.82, 2.24) is 4.90 Å². The molecule has 0 aliphatic carbocycles. The molecule has 0 radical (unpaired) electrons. The highest BCUT2D eigenvalue weighted by Crippen LogP contribution is 2.32. The lowest BCUT2D eigenvalue weighted by Crippen LogP contribution is -2.44. The SMILES string of the molecule is CCCC1CCCCN1C(CN)c1cc2ccccc2o1. The minimum atomic E-state index is 0.217. The Morgan fingerprint density at radius 2 is 2.19 bits per heavy atom. The lowest BCUT2D eigenvalue weighted by Gasteiger charge is -2.40. The summed E-state index contributed by atoms with van der Waals surface area (Å²) in [6, 6.07) is 11.3. The Hall–Kier alpha value is -1.32. The zero-order valence-electron chi connectivity index (χ0n) is 12.9. The fraction of sp³-hybridized carbons (Fsp3) is 0.556. The van der Waals surface area contributed by atoms with Gasteiger partial charge in [0.2, 0.25) is 0 Å². The van der Waals surface area contributed by atoms with E-state index in [0.29, 0.717) is 12.6 Å². The van der Waals surface area contributed by atoms with Gasteiger partial charge in [-0.15, -0.1) is 0 Å². The topological polar surface area (TPSA) is 42.4 Å². The van der Waals surface area contributed by atoms with E-state index in [4.69, 9.17) is 10.2 Å². The van der Waals surface area contributed by atoms with Crippen LogP contribution in [0.1, 0.15) is 50.8 Å². The number of para-hydroxylation sites is 1. The van der Waals surface area contributed by atoms with Crippen LogP contribution in [0.25, 0.3) is 11.0 Å². The number of likely N-dealkylation sites (tertiary alicyclic amines) is 1. The van der Waals surface area contributed by atoms with Crippen LogP contribution in [0.15, 0.2) is 34.7 Å². The monoisotopic (exact) mass is 286 g/mol. The van der Waals surface area contributed by atoms with E-state index in [2.05, 4.69) is 30.0 Å². The molecule has 0 spiro atoms. The van der Waals surface area contributed by atoms with Crippen LogP contribution < -0.4 is 5.73 Å². The van der Waals surface area contributed by atoms with Gasteiger partial charge in [0, 0.05) is 18.0 Å². The van der Waals surface area contributed by atoms with Crippen molar-refractivity contribution < 1.29 is 4.42 Å². The molecule has 2 aromatic rings. The molecule has 2 heterocycles. The summed E-state index contributed by atoms with van der Waals surface area (Å²) in [5, 5.41) is 1.18. The molecule has 114 valence electrons. The van der Waals surface area contributed by atoms with Crippen LogP contribution in [0.3, 0.4) is 0 Å². The molecule has 2 N–H and O–H groups in total. The van der Waals surface area contributed by atoms with Gasteiger partial charge in [-0.3, -0.25) is 4.90 Å². The number of benzene rings is 1. The summed E-state index contributed by atoms with van der Waals surface area (Å²) in [7, 11) is 0. The molecule has 21 heavy (non-hydrogen) atoms. The number of rotatable bonds is 5. The third-order valence-electron chi connectivity index (χ3n) is 4.69. The Morgan fingerprint density at radius 1 is 1.33 bits per heavy atom. The first-order valence-electron chi connectivity index (χ1n) is 8.27. The quantitative estimate of drug-likeness (QED) is 0.900. The maximum absolute atomic E-state index is 6.11. The molecule has 1 aromatic carbocycles. The lowest BCUT2D eigenvalue weighted by atomic mass is 9.95. The third-order valence-corrected chi connectivity index (χ3v) is 4.69. The molecule has 3 rings (SSSR count). The Bertz CT molecular complexity index is 542. The van der Waals surface area contributed by atoms with Crippen LogP contribution in [-0.4, -0.2) is 24.0 Å². The van der Waals surface area contributed by atoms with E-state index in [1.807, 2.05) is 12.1 Å². The van der Waals surface area contributed by atoms with Crippen LogP contribution in [0.4, 0.5) is 0 Å². The summed E-state index contributed by atoms with van der Waals surface area (Å²) in [4.78, 5) is 2.59. The van der Waals surface area contributed by atoms with Crippen LogP contribution in [-0.2, 0) is 0 Å². The molecule has 1 aliphatic rings. The highest BCUT2D eigenvalue weighted by Gasteiger charge is 2.30. The maximum atomic E-state index is 6.11. The minimum absolute atomic E-state index is 0.217. The van der Waals surface area contributed by atoms with Crippen molar-refractivity contribution in [3.05, 3.63) is 36.1 Å². The van der Waals surface area contributed by atoms with Crippen LogP contribution >= 0.6 is 0 Å². The molecule has 0 saturated carbocycles. The fourth-order valence-electron chi connectivity index (χ4n) is 3.66. The minimum Gasteiger partial charge on any atom is -0.459 e. The molecule has 1 saturated heterocycles. The number of hydrogen-bond acceptors (Lipinski definition) is 3. The second kappa shape index (κ2) is 6.63. The standard InChI is InChI=1S/C18H26N2O/c1-2-7-15-9-5-6-11-20(15)16(13-19)18-12-14-8-3-4-10-17(14)21-18/h3-4,8,10,12,15-16H,2,5-7,9,11,13,19H2,1H3. The first-order valence-corrected chi connectivity index (χ1v) is 8.27. The lowest BCUT2D eigenvalue weighted by molar-refractivity contribution is 0.0809. The molecule has 2 unspecified atom stereocenters. The van der Waals surface area contributed by atoms with Crippen molar-refractivity contribution in [2.75, 3.05) is 13.1 Å². The van der Waals surface area contributed by atoms with E-state index < -0.39 is 0 Å². The predicted octanol–water partition coefficient (Wildman–Crippen LogP) is 4.09. The Kier molecular flexibility index (Phi) is 4.61. The van der Waals surface area contributed by atoms with Gasteiger partial charge in [0.1, 0.15) is 11.3 Å². The summed E-state index contributed by atoms with van der Waals surface area (Å²) in [5.41, 5.74) is 7.08. The molecule has 3 nitrogen and oxygen atoms in total. The van der Waals surface area contributed by atoms with E-state index in [9.17, 15) is 0 Å². The average molecular weight is 286 g/mol. The third kappa shape index (κ3) is 2.99. The van der Waals surface area contributed by atoms with E-state index >= 15 is 0 Å². The number of hydrogen-bond donors (Lipinski definition) is 1. The number of nitrogens with two attached hydrogens (primary N) is 1. The van der Waals surface area contributed by atoms with Crippen molar-refractivity contribution in [1.29, 1.82) is 0 Å². The maximum Gasteiger partial charge on any atom is 0.134 e. The molecule has 0 amide bonds. The van der Waals surface area contributed by atoms with Crippen LogP contribution in [0, 0.1) is 0 Å². The zero-order valence-corrected chi connectivity index (χ0v) is 12.9. The molecule has 1 aromatic heterocycles. The first kappa shape index (κ1) is 14.6. The zero-order chi connectivity index (χ0) is 14.7. The van der Waals surface area contributed by atoms with Gasteiger partial charge in [-0.05, 0) is 37.9 Å². The van der Waals surface area contributed by atoms with Crippen molar-refractivity contribution in [2.45, 2.75) is 51.1 Å². The van der Waals surface area contributed by atoms with E-state index in [0.717, 1.165) is 17.9 Å².